The van der Waals surface area contributed by atoms with E-state index < -0.39 is 0 Å². The molecule has 0 fully saturated rings. The van der Waals surface area contributed by atoms with E-state index in [4.69, 9.17) is 23.2 Å². The zero-order valence-electron chi connectivity index (χ0n) is 10.4. The van der Waals surface area contributed by atoms with Crippen LogP contribution < -0.4 is 5.32 Å². The first-order chi connectivity index (χ1) is 9.10. The first-order valence-electron chi connectivity index (χ1n) is 6.02. The van der Waals surface area contributed by atoms with E-state index in [0.717, 1.165) is 16.8 Å². The number of hydrogen-bond donors (Lipinski definition) is 1. The molecule has 0 amide bonds. The van der Waals surface area contributed by atoms with Gasteiger partial charge in [0.05, 0.1) is 13.8 Å². The minimum Gasteiger partial charge on any atom is -0.305 e. The summed E-state index contributed by atoms with van der Waals surface area (Å²) in [5.41, 5.74) is 1.17. The molecule has 5 heteroatoms. The Bertz CT molecular complexity index is 556. The van der Waals surface area contributed by atoms with Gasteiger partial charge in [0.15, 0.2) is 0 Å². The van der Waals surface area contributed by atoms with E-state index in [9.17, 15) is 0 Å². The van der Waals surface area contributed by atoms with Crippen molar-refractivity contribution in [1.29, 1.82) is 0 Å². The predicted octanol–water partition coefficient (Wildman–Crippen LogP) is 6.06. The molecule has 0 radical (unpaired) electrons. The van der Waals surface area contributed by atoms with Crippen molar-refractivity contribution in [1.82, 2.24) is 5.32 Å². The summed E-state index contributed by atoms with van der Waals surface area (Å²) < 4.78 is 1.16. The number of rotatable bonds is 5. The summed E-state index contributed by atoms with van der Waals surface area (Å²) in [5.74, 6) is 0. The fourth-order valence-corrected chi connectivity index (χ4v) is 3.64. The van der Waals surface area contributed by atoms with Gasteiger partial charge in [0.2, 0.25) is 0 Å². The van der Waals surface area contributed by atoms with Crippen molar-refractivity contribution in [3.63, 3.8) is 0 Å². The van der Waals surface area contributed by atoms with E-state index in [1.807, 2.05) is 18.2 Å². The normalized spacial score (nSPS) is 12.6. The maximum absolute atomic E-state index is 6.07. The van der Waals surface area contributed by atoms with Gasteiger partial charge in [-0.3, -0.25) is 0 Å². The summed E-state index contributed by atoms with van der Waals surface area (Å²) >= 11 is 17.2. The van der Waals surface area contributed by atoms with Gasteiger partial charge < -0.3 is 5.32 Å². The second-order valence-electron chi connectivity index (χ2n) is 4.22. The molecule has 0 saturated carbocycles. The number of nitrogens with one attached hydrogen (secondary N) is 1. The Morgan fingerprint density at radius 1 is 1.21 bits per heavy atom. The number of hydrogen-bond acceptors (Lipinski definition) is 2. The van der Waals surface area contributed by atoms with Gasteiger partial charge >= 0.3 is 0 Å². The van der Waals surface area contributed by atoms with E-state index >= 15 is 0 Å². The highest BCUT2D eigenvalue weighted by Gasteiger charge is 2.11. The van der Waals surface area contributed by atoms with Crippen LogP contribution in [0.1, 0.15) is 29.8 Å². The van der Waals surface area contributed by atoms with E-state index in [1.165, 1.54) is 10.4 Å². The molecule has 0 spiro atoms. The molecule has 102 valence electrons. The topological polar surface area (TPSA) is 12.0 Å². The molecule has 1 aromatic heterocycles. The van der Waals surface area contributed by atoms with Gasteiger partial charge in [-0.15, -0.1) is 11.3 Å². The molecule has 19 heavy (non-hydrogen) atoms. The van der Waals surface area contributed by atoms with Crippen molar-refractivity contribution in [3.05, 3.63) is 54.6 Å². The van der Waals surface area contributed by atoms with Gasteiger partial charge in [-0.1, -0.05) is 36.2 Å². The zero-order valence-corrected chi connectivity index (χ0v) is 14.3. The number of halogens is 3. The van der Waals surface area contributed by atoms with Crippen LogP contribution in [0.15, 0.2) is 34.1 Å². The van der Waals surface area contributed by atoms with Crippen molar-refractivity contribution in [2.75, 3.05) is 0 Å². The maximum Gasteiger partial charge on any atom is 0.0701 e. The monoisotopic (exact) mass is 377 g/mol. The molecule has 1 heterocycles. The minimum absolute atomic E-state index is 0.288. The Morgan fingerprint density at radius 2 is 2.00 bits per heavy atom. The molecule has 0 aliphatic heterocycles. The lowest BCUT2D eigenvalue weighted by Gasteiger charge is -2.17. The predicted molar refractivity (Wildman–Crippen MR) is 88.4 cm³/mol. The van der Waals surface area contributed by atoms with Crippen LogP contribution in [0.25, 0.3) is 0 Å². The Balaban J connectivity index is 2.05. The summed E-state index contributed by atoms with van der Waals surface area (Å²) in [6.07, 6.45) is 1.00. The van der Waals surface area contributed by atoms with Crippen molar-refractivity contribution < 1.29 is 0 Å². The van der Waals surface area contributed by atoms with Crippen molar-refractivity contribution in [2.45, 2.75) is 25.9 Å². The van der Waals surface area contributed by atoms with Gasteiger partial charge in [-0.2, -0.15) is 0 Å². The average molecular weight is 379 g/mol. The van der Waals surface area contributed by atoms with Crippen molar-refractivity contribution in [3.8, 4) is 0 Å². The van der Waals surface area contributed by atoms with Gasteiger partial charge in [0.1, 0.15) is 0 Å². The summed E-state index contributed by atoms with van der Waals surface area (Å²) in [7, 11) is 0. The SMILES string of the molecule is CCC(NCc1ccc(Br)s1)c1ccc(Cl)c(Cl)c1. The molecule has 0 saturated heterocycles. The van der Waals surface area contributed by atoms with E-state index in [2.05, 4.69) is 40.3 Å². The first-order valence-corrected chi connectivity index (χ1v) is 8.39. The lowest BCUT2D eigenvalue weighted by molar-refractivity contribution is 0.522. The molecule has 1 unspecified atom stereocenters. The van der Waals surface area contributed by atoms with E-state index in [0.29, 0.717) is 10.0 Å². The summed E-state index contributed by atoms with van der Waals surface area (Å²) in [4.78, 5) is 1.31. The fraction of sp³-hybridized carbons (Fsp3) is 0.286. The molecule has 2 rings (SSSR count). The smallest absolute Gasteiger partial charge is 0.0701 e. The maximum atomic E-state index is 6.07. The Labute approximate surface area is 136 Å². The Morgan fingerprint density at radius 3 is 2.58 bits per heavy atom. The van der Waals surface area contributed by atoms with Gasteiger partial charge in [0, 0.05) is 17.5 Å². The molecular formula is C14H14BrCl2NS. The summed E-state index contributed by atoms with van der Waals surface area (Å²) in [5, 5.41) is 4.76. The lowest BCUT2D eigenvalue weighted by Crippen LogP contribution is -2.19. The van der Waals surface area contributed by atoms with Crippen LogP contribution in [0.5, 0.6) is 0 Å². The highest BCUT2D eigenvalue weighted by molar-refractivity contribution is 9.11. The Kier molecular flexibility index (Phi) is 5.72. The molecule has 1 N–H and O–H groups in total. The molecule has 0 aliphatic carbocycles. The zero-order chi connectivity index (χ0) is 13.8. The third-order valence-electron chi connectivity index (χ3n) is 2.91. The fourth-order valence-electron chi connectivity index (χ4n) is 1.90. The van der Waals surface area contributed by atoms with Gasteiger partial charge in [0.25, 0.3) is 0 Å². The average Bonchev–Trinajstić information content (AvgIpc) is 2.80. The molecule has 1 atom stereocenters. The van der Waals surface area contributed by atoms with Crippen LogP contribution in [-0.2, 0) is 6.54 Å². The lowest BCUT2D eigenvalue weighted by atomic mass is 10.0. The van der Waals surface area contributed by atoms with E-state index in [1.54, 1.807) is 11.3 Å². The third-order valence-corrected chi connectivity index (χ3v) is 5.27. The van der Waals surface area contributed by atoms with Gasteiger partial charge in [-0.05, 0) is 52.2 Å². The molecule has 1 aromatic carbocycles. The summed E-state index contributed by atoms with van der Waals surface area (Å²) in [6.45, 7) is 3.01. The Hall–Kier alpha value is -0.0600. The number of benzene rings is 1. The largest absolute Gasteiger partial charge is 0.305 e. The molecule has 0 bridgehead atoms. The van der Waals surface area contributed by atoms with E-state index in [-0.39, 0.29) is 6.04 Å². The second-order valence-corrected chi connectivity index (χ2v) is 7.58. The van der Waals surface area contributed by atoms with Crippen LogP contribution in [0, 0.1) is 0 Å². The van der Waals surface area contributed by atoms with Crippen molar-refractivity contribution in [2.24, 2.45) is 0 Å². The molecular weight excluding hydrogens is 365 g/mol. The van der Waals surface area contributed by atoms with Crippen LogP contribution in [0.4, 0.5) is 0 Å². The minimum atomic E-state index is 0.288. The van der Waals surface area contributed by atoms with Crippen LogP contribution in [0.2, 0.25) is 10.0 Å². The highest BCUT2D eigenvalue weighted by Crippen LogP contribution is 2.28. The summed E-state index contributed by atoms with van der Waals surface area (Å²) in [6, 6.07) is 10.3. The van der Waals surface area contributed by atoms with Crippen LogP contribution in [-0.4, -0.2) is 0 Å². The van der Waals surface area contributed by atoms with Gasteiger partial charge in [-0.25, -0.2) is 0 Å². The highest BCUT2D eigenvalue weighted by atomic mass is 79.9. The van der Waals surface area contributed by atoms with Crippen LogP contribution in [0.3, 0.4) is 0 Å². The first kappa shape index (κ1) is 15.3. The van der Waals surface area contributed by atoms with Crippen LogP contribution >= 0.6 is 50.5 Å². The van der Waals surface area contributed by atoms with Crippen molar-refractivity contribution >= 4 is 50.5 Å². The standard InChI is InChI=1S/C14H14BrCl2NS/c1-2-13(9-3-5-11(16)12(17)7-9)18-8-10-4-6-14(15)19-10/h3-7,13,18H,2,8H2,1H3. The quantitative estimate of drug-likeness (QED) is 0.666. The number of thiophene rings is 1. The molecule has 0 aliphatic rings. The third kappa shape index (κ3) is 4.20. The second kappa shape index (κ2) is 7.09. The molecule has 1 nitrogen and oxygen atoms in total. The molecule has 2 aromatic rings.